The third-order valence-corrected chi connectivity index (χ3v) is 11.6. The fraction of sp³-hybridized carbons (Fsp3) is 0. The van der Waals surface area contributed by atoms with E-state index in [2.05, 4.69) is 193 Å². The van der Waals surface area contributed by atoms with Crippen LogP contribution < -0.4 is 14.4 Å². The maximum absolute atomic E-state index is 6.91. The fourth-order valence-corrected chi connectivity index (χ4v) is 8.89. The Hall–Kier alpha value is -7.62. The number of ether oxygens (including phenoxy) is 2. The van der Waals surface area contributed by atoms with Gasteiger partial charge in [0.25, 0.3) is 0 Å². The van der Waals surface area contributed by atoms with Crippen molar-refractivity contribution in [3.63, 3.8) is 0 Å². The zero-order valence-corrected chi connectivity index (χ0v) is 30.8. The molecule has 0 N–H and O–H groups in total. The molecule has 3 heteroatoms. The van der Waals surface area contributed by atoms with Crippen LogP contribution in [0.4, 0.5) is 17.1 Å². The average Bonchev–Trinajstić information content (AvgIpc) is 3.28. The molecule has 12 rings (SSSR count). The van der Waals surface area contributed by atoms with Crippen LogP contribution in [0.3, 0.4) is 0 Å². The lowest BCUT2D eigenvalue weighted by Crippen LogP contribution is -2.20. The number of hydrogen-bond donors (Lipinski definition) is 0. The molecule has 266 valence electrons. The highest BCUT2D eigenvalue weighted by molar-refractivity contribution is 6.13. The minimum absolute atomic E-state index is 0.758. The second-order valence-electron chi connectivity index (χ2n) is 14.9. The lowest BCUT2D eigenvalue weighted by molar-refractivity contribution is 0.446. The van der Waals surface area contributed by atoms with E-state index >= 15 is 0 Å². The van der Waals surface area contributed by atoms with Crippen LogP contribution in [0.5, 0.6) is 23.0 Å². The van der Waals surface area contributed by atoms with Gasteiger partial charge in [-0.25, -0.2) is 0 Å². The molecule has 2 aliphatic heterocycles. The second-order valence-corrected chi connectivity index (χ2v) is 14.9. The molecule has 0 radical (unpaired) electrons. The van der Waals surface area contributed by atoms with E-state index in [0.29, 0.717) is 0 Å². The molecule has 0 amide bonds. The number of rotatable bonds is 4. The molecule has 0 aromatic heterocycles. The van der Waals surface area contributed by atoms with Crippen LogP contribution in [0.15, 0.2) is 200 Å². The summed E-state index contributed by atoms with van der Waals surface area (Å²) < 4.78 is 13.6. The van der Waals surface area contributed by atoms with Crippen molar-refractivity contribution in [2.45, 2.75) is 0 Å². The SMILES string of the molecule is c1ccc2c(c1)Oc1cc(-c3ccccc3-c3ccc(-c4cc5ccccc5c5ccccc45)cc3)cc3c1N2c1ccc(-c2ccc4ccccc4c2)cc1O3. The maximum Gasteiger partial charge on any atom is 0.156 e. The van der Waals surface area contributed by atoms with Gasteiger partial charge in [-0.2, -0.15) is 0 Å². The first-order valence-corrected chi connectivity index (χ1v) is 19.4. The molecule has 0 aliphatic carbocycles. The van der Waals surface area contributed by atoms with E-state index in [9.17, 15) is 0 Å². The van der Waals surface area contributed by atoms with E-state index in [0.717, 1.165) is 73.4 Å². The number of nitrogens with zero attached hydrogens (tertiary/aromatic N) is 1. The van der Waals surface area contributed by atoms with Crippen molar-refractivity contribution in [3.05, 3.63) is 200 Å². The summed E-state index contributed by atoms with van der Waals surface area (Å²) in [5.41, 5.74) is 12.0. The van der Waals surface area contributed by atoms with Crippen LogP contribution in [-0.4, -0.2) is 0 Å². The topological polar surface area (TPSA) is 21.7 Å². The average molecular weight is 728 g/mol. The lowest BCUT2D eigenvalue weighted by Gasteiger charge is -2.38. The summed E-state index contributed by atoms with van der Waals surface area (Å²) in [6.45, 7) is 0. The number of para-hydroxylation sites is 2. The summed E-state index contributed by atoms with van der Waals surface area (Å²) in [6, 6.07) is 71.5. The third-order valence-electron chi connectivity index (χ3n) is 11.6. The summed E-state index contributed by atoms with van der Waals surface area (Å²) in [4.78, 5) is 2.29. The normalized spacial score (nSPS) is 12.5. The zero-order chi connectivity index (χ0) is 37.5. The van der Waals surface area contributed by atoms with Crippen molar-refractivity contribution >= 4 is 49.4 Å². The van der Waals surface area contributed by atoms with Gasteiger partial charge in [0.2, 0.25) is 0 Å². The first kappa shape index (κ1) is 31.7. The third kappa shape index (κ3) is 5.06. The van der Waals surface area contributed by atoms with E-state index in [1.54, 1.807) is 0 Å². The highest BCUT2D eigenvalue weighted by Crippen LogP contribution is 2.61. The summed E-state index contributed by atoms with van der Waals surface area (Å²) in [6.07, 6.45) is 0. The van der Waals surface area contributed by atoms with Gasteiger partial charge < -0.3 is 9.47 Å². The molecule has 10 aromatic carbocycles. The Morgan fingerprint density at radius 3 is 1.61 bits per heavy atom. The van der Waals surface area contributed by atoms with Gasteiger partial charge >= 0.3 is 0 Å². The van der Waals surface area contributed by atoms with E-state index in [-0.39, 0.29) is 0 Å². The Morgan fingerprint density at radius 1 is 0.281 bits per heavy atom. The molecular formula is C54H33NO2. The van der Waals surface area contributed by atoms with E-state index in [1.807, 2.05) is 12.1 Å². The molecule has 0 unspecified atom stereocenters. The van der Waals surface area contributed by atoms with Crippen molar-refractivity contribution < 1.29 is 9.47 Å². The summed E-state index contributed by atoms with van der Waals surface area (Å²) in [5, 5.41) is 7.49. The predicted molar refractivity (Wildman–Crippen MR) is 236 cm³/mol. The Kier molecular flexibility index (Phi) is 6.93. The highest BCUT2D eigenvalue weighted by Gasteiger charge is 2.35. The van der Waals surface area contributed by atoms with Crippen LogP contribution in [-0.2, 0) is 0 Å². The summed E-state index contributed by atoms with van der Waals surface area (Å²) >= 11 is 0. The Morgan fingerprint density at radius 2 is 0.807 bits per heavy atom. The first-order chi connectivity index (χ1) is 28.2. The molecule has 2 heterocycles. The molecule has 0 atom stereocenters. The van der Waals surface area contributed by atoms with Crippen molar-refractivity contribution in [2.75, 3.05) is 4.90 Å². The molecule has 0 saturated carbocycles. The van der Waals surface area contributed by atoms with Crippen molar-refractivity contribution in [1.82, 2.24) is 0 Å². The zero-order valence-electron chi connectivity index (χ0n) is 30.8. The number of anilines is 3. The molecule has 10 aromatic rings. The van der Waals surface area contributed by atoms with Gasteiger partial charge in [0.05, 0.1) is 11.4 Å². The van der Waals surface area contributed by atoms with Crippen LogP contribution in [0.25, 0.3) is 76.8 Å². The maximum atomic E-state index is 6.91. The highest BCUT2D eigenvalue weighted by atomic mass is 16.5. The molecule has 0 spiro atoms. The molecule has 3 nitrogen and oxygen atoms in total. The molecule has 2 aliphatic rings. The van der Waals surface area contributed by atoms with Gasteiger partial charge in [0, 0.05) is 0 Å². The van der Waals surface area contributed by atoms with Crippen molar-refractivity contribution in [3.8, 4) is 67.5 Å². The molecule has 0 bridgehead atoms. The van der Waals surface area contributed by atoms with Crippen LogP contribution in [0, 0.1) is 0 Å². The Bertz CT molecular complexity index is 3250. The van der Waals surface area contributed by atoms with Crippen LogP contribution in [0.2, 0.25) is 0 Å². The minimum Gasteiger partial charge on any atom is -0.453 e. The first-order valence-electron chi connectivity index (χ1n) is 19.4. The fourth-order valence-electron chi connectivity index (χ4n) is 8.89. The summed E-state index contributed by atoms with van der Waals surface area (Å²) in [5.74, 6) is 3.13. The quantitative estimate of drug-likeness (QED) is 0.169. The lowest BCUT2D eigenvalue weighted by atomic mass is 9.90. The number of hydrogen-bond acceptors (Lipinski definition) is 3. The van der Waals surface area contributed by atoms with E-state index in [1.165, 1.54) is 43.4 Å². The standard InChI is InChI=1S/C54H33NO2/c1-2-12-37-29-38(26-21-34(37)11-1)39-27-28-49-51(31-39)57-53-33-41(32-52-54(53)55(49)48-19-9-10-20-50(48)56-52)44-16-6-5-14-42(44)35-22-24-36(25-23-35)47-30-40-13-3-4-15-43(40)45-17-7-8-18-46(45)47/h1-33H. The molecule has 57 heavy (non-hydrogen) atoms. The number of benzene rings is 10. The molecule has 0 fully saturated rings. The van der Waals surface area contributed by atoms with Crippen molar-refractivity contribution in [1.29, 1.82) is 0 Å². The largest absolute Gasteiger partial charge is 0.453 e. The van der Waals surface area contributed by atoms with E-state index < -0.39 is 0 Å². The second kappa shape index (κ2) is 12.5. The molecular weight excluding hydrogens is 695 g/mol. The van der Waals surface area contributed by atoms with Gasteiger partial charge in [-0.05, 0) is 125 Å². The van der Waals surface area contributed by atoms with Gasteiger partial charge in [-0.3, -0.25) is 4.90 Å². The van der Waals surface area contributed by atoms with Gasteiger partial charge in [-0.15, -0.1) is 0 Å². The van der Waals surface area contributed by atoms with Gasteiger partial charge in [0.15, 0.2) is 23.0 Å². The number of fused-ring (bicyclic) bond motifs is 8. The van der Waals surface area contributed by atoms with E-state index in [4.69, 9.17) is 9.47 Å². The monoisotopic (exact) mass is 727 g/mol. The van der Waals surface area contributed by atoms with Crippen LogP contribution >= 0.6 is 0 Å². The van der Waals surface area contributed by atoms with Gasteiger partial charge in [0.1, 0.15) is 5.69 Å². The van der Waals surface area contributed by atoms with Crippen molar-refractivity contribution in [2.24, 2.45) is 0 Å². The minimum atomic E-state index is 0.758. The smallest absolute Gasteiger partial charge is 0.156 e. The van der Waals surface area contributed by atoms with Crippen LogP contribution in [0.1, 0.15) is 0 Å². The molecule has 0 saturated heterocycles. The van der Waals surface area contributed by atoms with Gasteiger partial charge in [-0.1, -0.05) is 152 Å². The summed E-state index contributed by atoms with van der Waals surface area (Å²) in [7, 11) is 0. The predicted octanol–water partition coefficient (Wildman–Crippen LogP) is 15.5. The Balaban J connectivity index is 0.962. The Labute approximate surface area is 330 Å².